The average molecular weight is 320 g/mol. The molecule has 0 spiro atoms. The molecule has 0 bridgehead atoms. The summed E-state index contributed by atoms with van der Waals surface area (Å²) in [7, 11) is 0. The second kappa shape index (κ2) is 8.31. The van der Waals surface area contributed by atoms with Gasteiger partial charge in [0, 0.05) is 12.5 Å². The van der Waals surface area contributed by atoms with Gasteiger partial charge in [0.1, 0.15) is 18.5 Å². The monoisotopic (exact) mass is 320 g/mol. The van der Waals surface area contributed by atoms with Crippen molar-refractivity contribution in [2.75, 3.05) is 26.2 Å². The van der Waals surface area contributed by atoms with Crippen LogP contribution in [0, 0.1) is 5.92 Å². The van der Waals surface area contributed by atoms with E-state index in [4.69, 9.17) is 10.5 Å². The molecule has 0 saturated carbocycles. The second-order valence-corrected chi connectivity index (χ2v) is 6.63. The van der Waals surface area contributed by atoms with Gasteiger partial charge in [0.2, 0.25) is 5.91 Å². The van der Waals surface area contributed by atoms with Crippen molar-refractivity contribution in [2.45, 2.75) is 38.7 Å². The molecule has 1 fully saturated rings. The Morgan fingerprint density at radius 3 is 2.61 bits per heavy atom. The highest BCUT2D eigenvalue weighted by atomic mass is 16.5. The summed E-state index contributed by atoms with van der Waals surface area (Å²) in [4.78, 5) is 13.3. The van der Waals surface area contributed by atoms with Crippen molar-refractivity contribution >= 4 is 5.91 Å². The van der Waals surface area contributed by atoms with Crippen molar-refractivity contribution in [1.82, 2.24) is 4.90 Å². The topological polar surface area (TPSA) is 75.8 Å². The highest BCUT2D eigenvalue weighted by molar-refractivity contribution is 5.76. The van der Waals surface area contributed by atoms with Crippen molar-refractivity contribution in [2.24, 2.45) is 11.7 Å². The number of carbonyl (C=O) groups excluding carboxylic acids is 1. The first-order valence-corrected chi connectivity index (χ1v) is 8.38. The predicted octanol–water partition coefficient (Wildman–Crippen LogP) is 1.75. The first kappa shape index (κ1) is 17.8. The van der Waals surface area contributed by atoms with Gasteiger partial charge in [0.05, 0.1) is 0 Å². The number of rotatable bonds is 7. The van der Waals surface area contributed by atoms with Crippen LogP contribution in [-0.2, 0) is 4.79 Å². The molecule has 1 aromatic rings. The highest BCUT2D eigenvalue weighted by Crippen LogP contribution is 2.26. The molecule has 23 heavy (non-hydrogen) atoms. The van der Waals surface area contributed by atoms with Crippen molar-refractivity contribution in [1.29, 1.82) is 0 Å². The van der Waals surface area contributed by atoms with Crippen LogP contribution in [0.2, 0.25) is 0 Å². The number of hydrogen-bond acceptors (Lipinski definition) is 4. The maximum absolute atomic E-state index is 11.2. The molecule has 2 rings (SSSR count). The van der Waals surface area contributed by atoms with Gasteiger partial charge in [-0.1, -0.05) is 32.0 Å². The summed E-state index contributed by atoms with van der Waals surface area (Å²) < 4.78 is 5.81. The van der Waals surface area contributed by atoms with E-state index in [1.807, 2.05) is 18.2 Å². The molecule has 1 atom stereocenters. The van der Waals surface area contributed by atoms with Gasteiger partial charge in [0.25, 0.3) is 0 Å². The van der Waals surface area contributed by atoms with Crippen LogP contribution in [-0.4, -0.2) is 48.3 Å². The second-order valence-electron chi connectivity index (χ2n) is 6.63. The zero-order valence-corrected chi connectivity index (χ0v) is 14.1. The number of amides is 1. The highest BCUT2D eigenvalue weighted by Gasteiger charge is 2.24. The molecule has 1 unspecified atom stereocenters. The third-order valence-corrected chi connectivity index (χ3v) is 4.43. The summed E-state index contributed by atoms with van der Waals surface area (Å²) >= 11 is 0. The molecule has 1 aliphatic rings. The molecule has 1 aromatic carbocycles. The Kier molecular flexibility index (Phi) is 6.42. The van der Waals surface area contributed by atoms with Crippen LogP contribution in [0.1, 0.15) is 38.2 Å². The minimum atomic E-state index is -0.541. The number of primary amides is 1. The zero-order chi connectivity index (χ0) is 16.8. The number of hydrogen-bond donors (Lipinski definition) is 2. The molecule has 1 aliphatic heterocycles. The molecule has 0 aromatic heterocycles. The van der Waals surface area contributed by atoms with E-state index in [1.54, 1.807) is 0 Å². The van der Waals surface area contributed by atoms with Gasteiger partial charge in [-0.05, 0) is 43.5 Å². The van der Waals surface area contributed by atoms with Crippen LogP contribution in [0.4, 0.5) is 0 Å². The summed E-state index contributed by atoms with van der Waals surface area (Å²) in [6, 6.07) is 7.95. The van der Waals surface area contributed by atoms with Crippen LogP contribution < -0.4 is 10.5 Å². The lowest BCUT2D eigenvalue weighted by Crippen LogP contribution is -2.43. The first-order valence-electron chi connectivity index (χ1n) is 8.38. The Morgan fingerprint density at radius 1 is 1.35 bits per heavy atom. The Morgan fingerprint density at radius 2 is 2.00 bits per heavy atom. The van der Waals surface area contributed by atoms with E-state index in [2.05, 4.69) is 24.8 Å². The van der Waals surface area contributed by atoms with Crippen molar-refractivity contribution < 1.29 is 14.6 Å². The lowest BCUT2D eigenvalue weighted by molar-refractivity contribution is -0.123. The van der Waals surface area contributed by atoms with Gasteiger partial charge in [-0.3, -0.25) is 4.79 Å². The maximum atomic E-state index is 11.2. The number of β-amino-alcohol motifs (C(OH)–C–C–N with tert-alkyl or cyclic N) is 1. The predicted molar refractivity (Wildman–Crippen MR) is 90.4 cm³/mol. The number of benzene rings is 1. The summed E-state index contributed by atoms with van der Waals surface area (Å²) in [6.07, 6.45) is 1.01. The molecule has 1 amide bonds. The Hall–Kier alpha value is -1.59. The number of ether oxygens (including phenoxy) is 1. The smallest absolute Gasteiger partial charge is 0.220 e. The van der Waals surface area contributed by atoms with Crippen molar-refractivity contribution in [3.8, 4) is 5.75 Å². The quantitative estimate of drug-likeness (QED) is 0.802. The van der Waals surface area contributed by atoms with Crippen LogP contribution in [0.15, 0.2) is 24.3 Å². The fourth-order valence-electron chi connectivity index (χ4n) is 3.03. The lowest BCUT2D eigenvalue weighted by Gasteiger charge is -2.31. The molecule has 128 valence electrons. The minimum Gasteiger partial charge on any atom is -0.491 e. The van der Waals surface area contributed by atoms with Gasteiger partial charge in [-0.15, -0.1) is 0 Å². The third kappa shape index (κ3) is 5.22. The maximum Gasteiger partial charge on any atom is 0.220 e. The molecule has 5 nitrogen and oxygen atoms in total. The summed E-state index contributed by atoms with van der Waals surface area (Å²) in [5.41, 5.74) is 6.49. The number of piperidine rings is 1. The van der Waals surface area contributed by atoms with Crippen molar-refractivity contribution in [3.05, 3.63) is 29.8 Å². The van der Waals surface area contributed by atoms with E-state index in [9.17, 15) is 9.90 Å². The van der Waals surface area contributed by atoms with Crippen molar-refractivity contribution in [3.63, 3.8) is 0 Å². The molecule has 0 radical (unpaired) electrons. The van der Waals surface area contributed by atoms with Crippen LogP contribution in [0.3, 0.4) is 0 Å². The van der Waals surface area contributed by atoms with Gasteiger partial charge in [-0.2, -0.15) is 0 Å². The third-order valence-electron chi connectivity index (χ3n) is 4.43. The molecular weight excluding hydrogens is 292 g/mol. The molecule has 1 heterocycles. The average Bonchev–Trinajstić information content (AvgIpc) is 2.53. The fourth-order valence-corrected chi connectivity index (χ4v) is 3.03. The standard InChI is InChI=1S/C18H28N2O3/c1-13(2)16-5-3-4-6-17(16)23-12-15(21)11-20-9-7-14(8-10-20)18(19)22/h3-6,13-15,21H,7-12H2,1-2H3,(H2,19,22). The summed E-state index contributed by atoms with van der Waals surface area (Å²) in [6.45, 7) is 6.69. The number of nitrogens with two attached hydrogens (primary N) is 1. The summed E-state index contributed by atoms with van der Waals surface area (Å²) in [5.74, 6) is 1.00. The van der Waals surface area contributed by atoms with Gasteiger partial charge < -0.3 is 20.5 Å². The Bertz CT molecular complexity index is 511. The number of likely N-dealkylation sites (tertiary alicyclic amines) is 1. The first-order chi connectivity index (χ1) is 11.0. The van der Waals surface area contributed by atoms with E-state index < -0.39 is 6.10 Å². The van der Waals surface area contributed by atoms with E-state index in [0.717, 1.165) is 37.2 Å². The number of para-hydroxylation sites is 1. The minimum absolute atomic E-state index is 0.0161. The van der Waals surface area contributed by atoms with Crippen LogP contribution in [0.5, 0.6) is 5.75 Å². The summed E-state index contributed by atoms with van der Waals surface area (Å²) in [5, 5.41) is 10.2. The number of aliphatic hydroxyl groups excluding tert-OH is 1. The van der Waals surface area contributed by atoms with Gasteiger partial charge in [-0.25, -0.2) is 0 Å². The molecule has 5 heteroatoms. The van der Waals surface area contributed by atoms with Crippen LogP contribution >= 0.6 is 0 Å². The van der Waals surface area contributed by atoms with E-state index in [0.29, 0.717) is 12.5 Å². The molecule has 0 aliphatic carbocycles. The number of aliphatic hydroxyl groups is 1. The molecule has 1 saturated heterocycles. The number of nitrogens with zero attached hydrogens (tertiary/aromatic N) is 1. The van der Waals surface area contributed by atoms with Crippen LogP contribution in [0.25, 0.3) is 0 Å². The normalized spacial score (nSPS) is 18.1. The van der Waals surface area contributed by atoms with E-state index >= 15 is 0 Å². The number of carbonyl (C=O) groups is 1. The Balaban J connectivity index is 1.78. The van der Waals surface area contributed by atoms with E-state index in [-0.39, 0.29) is 18.4 Å². The SMILES string of the molecule is CC(C)c1ccccc1OCC(O)CN1CCC(C(N)=O)CC1. The Labute approximate surface area is 138 Å². The molecule has 3 N–H and O–H groups in total. The van der Waals surface area contributed by atoms with Gasteiger partial charge in [0.15, 0.2) is 0 Å². The zero-order valence-electron chi connectivity index (χ0n) is 14.1. The largest absolute Gasteiger partial charge is 0.491 e. The van der Waals surface area contributed by atoms with Gasteiger partial charge >= 0.3 is 0 Å². The lowest BCUT2D eigenvalue weighted by atomic mass is 9.96. The van der Waals surface area contributed by atoms with E-state index in [1.165, 1.54) is 0 Å². The fraction of sp³-hybridized carbons (Fsp3) is 0.611. The molecular formula is C18H28N2O3.